The van der Waals surface area contributed by atoms with Crippen molar-refractivity contribution in [3.05, 3.63) is 60.7 Å². The Balaban J connectivity index is 1.53. The van der Waals surface area contributed by atoms with E-state index < -0.39 is 17.2 Å². The van der Waals surface area contributed by atoms with Gasteiger partial charge in [0.15, 0.2) is 5.76 Å². The molecule has 0 spiro atoms. The molecule has 0 bridgehead atoms. The normalized spacial score (nSPS) is 20.1. The van der Waals surface area contributed by atoms with E-state index >= 15 is 0 Å². The van der Waals surface area contributed by atoms with Gasteiger partial charge in [0.25, 0.3) is 0 Å². The van der Waals surface area contributed by atoms with Crippen molar-refractivity contribution >= 4 is 45.8 Å². The number of anilines is 1. The molecule has 1 saturated carbocycles. The number of hydrogen-bond acceptors (Lipinski definition) is 7. The first-order valence-electron chi connectivity index (χ1n) is 11.1. The number of carbonyl (C=O) groups is 1. The lowest BCUT2D eigenvalue weighted by Crippen LogP contribution is -2.52. The molecule has 34 heavy (non-hydrogen) atoms. The summed E-state index contributed by atoms with van der Waals surface area (Å²) in [6.45, 7) is 5.85. The van der Waals surface area contributed by atoms with Crippen LogP contribution < -0.4 is 16.2 Å². The highest BCUT2D eigenvalue weighted by atomic mass is 35.5. The van der Waals surface area contributed by atoms with E-state index in [4.69, 9.17) is 32.0 Å². The summed E-state index contributed by atoms with van der Waals surface area (Å²) in [5.74, 6) is -1.53. The second-order valence-corrected chi connectivity index (χ2v) is 9.72. The number of piperazine rings is 1. The Hall–Kier alpha value is -2.75. The predicted molar refractivity (Wildman–Crippen MR) is 127 cm³/mol. The van der Waals surface area contributed by atoms with Crippen molar-refractivity contribution < 1.29 is 18.7 Å². The van der Waals surface area contributed by atoms with Crippen LogP contribution in [0.25, 0.3) is 10.9 Å². The molecule has 2 fully saturated rings. The fourth-order valence-electron chi connectivity index (χ4n) is 4.86. The molecule has 1 aliphatic carbocycles. The van der Waals surface area contributed by atoms with Gasteiger partial charge in [-0.15, -0.1) is 0 Å². The van der Waals surface area contributed by atoms with Gasteiger partial charge in [-0.25, -0.2) is 9.59 Å². The van der Waals surface area contributed by atoms with E-state index in [1.165, 1.54) is 18.5 Å². The molecular formula is C23H23Cl2N3O6. The average Bonchev–Trinajstić information content (AvgIpc) is 3.53. The molecule has 1 aliphatic heterocycles. The van der Waals surface area contributed by atoms with Crippen molar-refractivity contribution in [2.45, 2.75) is 44.8 Å². The van der Waals surface area contributed by atoms with Crippen molar-refractivity contribution in [2.24, 2.45) is 0 Å². The molecule has 180 valence electrons. The number of carboxylic acid groups (broad SMARTS) is 1. The number of hydrogen-bond donors (Lipinski definition) is 1. The summed E-state index contributed by atoms with van der Waals surface area (Å²) in [5, 5.41) is 10.4. The summed E-state index contributed by atoms with van der Waals surface area (Å²) >= 11 is 13.5. The lowest BCUT2D eigenvalue weighted by Gasteiger charge is -2.43. The Morgan fingerprint density at radius 2 is 1.97 bits per heavy atom. The molecule has 0 radical (unpaired) electrons. The molecule has 11 heteroatoms. The molecule has 2 atom stereocenters. The zero-order valence-electron chi connectivity index (χ0n) is 18.6. The molecule has 1 N–H and O–H groups in total. The smallest absolute Gasteiger partial charge is 0.477 e. The Kier molecular flexibility index (Phi) is 5.74. The number of rotatable bonds is 5. The van der Waals surface area contributed by atoms with Crippen LogP contribution in [0.15, 0.2) is 36.9 Å². The van der Waals surface area contributed by atoms with Crippen LogP contribution in [0.5, 0.6) is 0 Å². The van der Waals surface area contributed by atoms with Crippen molar-refractivity contribution in [3.63, 3.8) is 0 Å². The number of halogens is 2. The SMILES string of the molecule is CC1CN(c2c(Cl)cc3c(=O)c(C(=O)O)cn(C4CC4)c3c2Cl)CCN1[C@@H](C)c1coc(=O)o1. The van der Waals surface area contributed by atoms with Gasteiger partial charge in [0.2, 0.25) is 5.43 Å². The van der Waals surface area contributed by atoms with Crippen LogP contribution >= 0.6 is 23.2 Å². The van der Waals surface area contributed by atoms with E-state index in [1.54, 1.807) is 0 Å². The minimum atomic E-state index is -1.27. The van der Waals surface area contributed by atoms with E-state index in [-0.39, 0.29) is 29.1 Å². The Morgan fingerprint density at radius 3 is 2.56 bits per heavy atom. The topological polar surface area (TPSA) is 109 Å². The van der Waals surface area contributed by atoms with Crippen molar-refractivity contribution in [2.75, 3.05) is 24.5 Å². The Labute approximate surface area is 204 Å². The Bertz CT molecular complexity index is 1410. The van der Waals surface area contributed by atoms with Crippen molar-refractivity contribution in [1.29, 1.82) is 0 Å². The maximum atomic E-state index is 12.9. The highest BCUT2D eigenvalue weighted by Crippen LogP contribution is 2.44. The van der Waals surface area contributed by atoms with E-state index in [2.05, 4.69) is 16.7 Å². The summed E-state index contributed by atoms with van der Waals surface area (Å²) in [4.78, 5) is 40.1. The lowest BCUT2D eigenvalue weighted by molar-refractivity contribution is 0.0695. The fraction of sp³-hybridized carbons (Fsp3) is 0.435. The zero-order chi connectivity index (χ0) is 24.3. The number of pyridine rings is 1. The number of benzene rings is 1. The maximum absolute atomic E-state index is 12.9. The molecule has 3 heterocycles. The number of fused-ring (bicyclic) bond motifs is 1. The van der Waals surface area contributed by atoms with Crippen LogP contribution in [0.2, 0.25) is 10.0 Å². The molecule has 2 aliphatic rings. The molecule has 9 nitrogen and oxygen atoms in total. The summed E-state index contributed by atoms with van der Waals surface area (Å²) in [6, 6.07) is 1.55. The largest absolute Gasteiger partial charge is 0.518 e. The molecule has 3 aromatic rings. The quantitative estimate of drug-likeness (QED) is 0.548. The van der Waals surface area contributed by atoms with Gasteiger partial charge < -0.3 is 23.4 Å². The standard InChI is InChI=1S/C23H23Cl2N3O6/c1-11-8-26(5-6-27(11)12(2)17-10-33-23(32)34-17)20-16(24)7-14-19(18(20)25)28(13-3-4-13)9-15(21(14)29)22(30)31/h7,9-13H,3-6,8H2,1-2H3,(H,30,31)/t11?,12-/m0/s1. The zero-order valence-corrected chi connectivity index (χ0v) is 20.1. The fourth-order valence-corrected chi connectivity index (χ4v) is 5.65. The van der Waals surface area contributed by atoms with Crippen molar-refractivity contribution in [3.8, 4) is 0 Å². The predicted octanol–water partition coefficient (Wildman–Crippen LogP) is 4.16. The van der Waals surface area contributed by atoms with Crippen LogP contribution in [0.3, 0.4) is 0 Å². The average molecular weight is 508 g/mol. The summed E-state index contributed by atoms with van der Waals surface area (Å²) < 4.78 is 11.7. The second kappa shape index (κ2) is 8.48. The van der Waals surface area contributed by atoms with E-state index in [0.29, 0.717) is 46.6 Å². The first kappa shape index (κ1) is 23.0. The summed E-state index contributed by atoms with van der Waals surface area (Å²) in [6.07, 6.45) is 4.52. The van der Waals surface area contributed by atoms with Gasteiger partial charge in [-0.2, -0.15) is 0 Å². The van der Waals surface area contributed by atoms with Gasteiger partial charge in [-0.3, -0.25) is 9.69 Å². The molecule has 1 aromatic carbocycles. The molecule has 1 unspecified atom stereocenters. The minimum Gasteiger partial charge on any atom is -0.477 e. The highest BCUT2D eigenvalue weighted by Gasteiger charge is 2.34. The van der Waals surface area contributed by atoms with E-state index in [9.17, 15) is 19.5 Å². The lowest BCUT2D eigenvalue weighted by atomic mass is 10.1. The molecule has 0 amide bonds. The minimum absolute atomic E-state index is 0.0618. The van der Waals surface area contributed by atoms with Gasteiger partial charge in [-0.05, 0) is 32.8 Å². The second-order valence-electron chi connectivity index (χ2n) is 8.93. The summed E-state index contributed by atoms with van der Waals surface area (Å²) in [5.41, 5.74) is 0.258. The van der Waals surface area contributed by atoms with Crippen molar-refractivity contribution in [1.82, 2.24) is 9.47 Å². The monoisotopic (exact) mass is 507 g/mol. The molecule has 2 aromatic heterocycles. The molecule has 1 saturated heterocycles. The molecule has 5 rings (SSSR count). The molecular weight excluding hydrogens is 485 g/mol. The summed E-state index contributed by atoms with van der Waals surface area (Å²) in [7, 11) is 0. The van der Waals surface area contributed by atoms with Gasteiger partial charge in [0, 0.05) is 43.3 Å². The van der Waals surface area contributed by atoms with Crippen LogP contribution in [0, 0.1) is 0 Å². The van der Waals surface area contributed by atoms with Crippen LogP contribution in [0.4, 0.5) is 5.69 Å². The van der Waals surface area contributed by atoms with E-state index in [0.717, 1.165) is 12.8 Å². The maximum Gasteiger partial charge on any atom is 0.518 e. The van der Waals surface area contributed by atoms with Gasteiger partial charge in [-0.1, -0.05) is 23.2 Å². The van der Waals surface area contributed by atoms with Gasteiger partial charge in [0.05, 0.1) is 27.3 Å². The third-order valence-corrected chi connectivity index (χ3v) is 7.38. The third kappa shape index (κ3) is 3.81. The van der Waals surface area contributed by atoms with Gasteiger partial charge >= 0.3 is 11.8 Å². The number of carboxylic acids is 1. The van der Waals surface area contributed by atoms with Gasteiger partial charge in [0.1, 0.15) is 11.8 Å². The third-order valence-electron chi connectivity index (χ3n) is 6.73. The van der Waals surface area contributed by atoms with Crippen LogP contribution in [-0.4, -0.2) is 46.2 Å². The first-order chi connectivity index (χ1) is 16.2. The number of nitrogens with zero attached hydrogens (tertiary/aromatic N) is 3. The Morgan fingerprint density at radius 1 is 1.24 bits per heavy atom. The number of aromatic nitrogens is 1. The highest BCUT2D eigenvalue weighted by molar-refractivity contribution is 6.42. The first-order valence-corrected chi connectivity index (χ1v) is 11.8. The van der Waals surface area contributed by atoms with E-state index in [1.807, 2.05) is 11.5 Å². The van der Waals surface area contributed by atoms with Crippen LogP contribution in [0.1, 0.15) is 54.9 Å². The van der Waals surface area contributed by atoms with Crippen LogP contribution in [-0.2, 0) is 0 Å². The number of aromatic carboxylic acids is 1.